The van der Waals surface area contributed by atoms with Crippen molar-refractivity contribution in [2.45, 2.75) is 18.4 Å². The molecule has 0 bridgehead atoms. The number of hydrogen-bond acceptors (Lipinski definition) is 3. The van der Waals surface area contributed by atoms with Gasteiger partial charge in [0.1, 0.15) is 0 Å². The first-order valence-electron chi connectivity index (χ1n) is 8.55. The fraction of sp³-hybridized carbons (Fsp3) is 0.300. The van der Waals surface area contributed by atoms with Crippen LogP contribution in [0.2, 0.25) is 0 Å². The van der Waals surface area contributed by atoms with Gasteiger partial charge in [0, 0.05) is 19.2 Å². The maximum absolute atomic E-state index is 12.6. The summed E-state index contributed by atoms with van der Waals surface area (Å²) in [7, 11) is 1.80. The average Bonchev–Trinajstić information content (AvgIpc) is 3.34. The molecule has 1 aliphatic rings. The number of fused-ring (bicyclic) bond motifs is 1. The van der Waals surface area contributed by atoms with Crippen LogP contribution < -0.4 is 5.32 Å². The molecule has 3 aromatic rings. The zero-order chi connectivity index (χ0) is 17.4. The fourth-order valence-corrected chi connectivity index (χ4v) is 3.51. The Bertz CT molecular complexity index is 918. The van der Waals surface area contributed by atoms with Crippen LogP contribution in [0.5, 0.6) is 0 Å². The molecule has 0 radical (unpaired) electrons. The number of aromatic nitrogens is 2. The Balaban J connectivity index is 1.46. The molecule has 1 unspecified atom stereocenters. The van der Waals surface area contributed by atoms with Gasteiger partial charge in [0.15, 0.2) is 0 Å². The maximum Gasteiger partial charge on any atom is 0.224 e. The Morgan fingerprint density at radius 1 is 1.28 bits per heavy atom. The smallest absolute Gasteiger partial charge is 0.224 e. The molecule has 1 saturated carbocycles. The van der Waals surface area contributed by atoms with Crippen LogP contribution in [0.4, 0.5) is 0 Å². The van der Waals surface area contributed by atoms with Gasteiger partial charge in [0.2, 0.25) is 5.91 Å². The molecule has 1 aromatic heterocycles. The molecule has 4 rings (SSSR count). The summed E-state index contributed by atoms with van der Waals surface area (Å²) in [6.07, 6.45) is 2.52. The zero-order valence-electron chi connectivity index (χ0n) is 14.1. The largest absolute Gasteiger partial charge is 0.394 e. The second-order valence-corrected chi connectivity index (χ2v) is 6.68. The molecular weight excluding hydrogens is 314 g/mol. The summed E-state index contributed by atoms with van der Waals surface area (Å²) in [5.41, 5.74) is 2.01. The number of aliphatic hydroxyl groups is 1. The highest BCUT2D eigenvalue weighted by Gasteiger charge is 2.44. The minimum absolute atomic E-state index is 0.00147. The lowest BCUT2D eigenvalue weighted by Gasteiger charge is -2.16. The molecule has 3 atom stereocenters. The van der Waals surface area contributed by atoms with E-state index in [1.165, 1.54) is 16.3 Å². The fourth-order valence-electron chi connectivity index (χ4n) is 3.51. The Kier molecular flexibility index (Phi) is 4.01. The number of hydrogen-bond donors (Lipinski definition) is 2. The number of carbonyl (C=O) groups excluding carboxylic acids is 1. The van der Waals surface area contributed by atoms with E-state index in [9.17, 15) is 9.90 Å². The molecule has 1 aliphatic carbocycles. The van der Waals surface area contributed by atoms with Gasteiger partial charge in [0.25, 0.3) is 0 Å². The van der Waals surface area contributed by atoms with Gasteiger partial charge in [-0.05, 0) is 34.7 Å². The molecule has 0 aliphatic heterocycles. The monoisotopic (exact) mass is 335 g/mol. The number of nitrogens with zero attached hydrogens (tertiary/aromatic N) is 2. The van der Waals surface area contributed by atoms with Crippen molar-refractivity contribution in [2.75, 3.05) is 6.61 Å². The van der Waals surface area contributed by atoms with E-state index >= 15 is 0 Å². The van der Waals surface area contributed by atoms with Crippen LogP contribution >= 0.6 is 0 Å². The third-order valence-corrected chi connectivity index (χ3v) is 5.04. The topological polar surface area (TPSA) is 67.2 Å². The Labute approximate surface area is 146 Å². The zero-order valence-corrected chi connectivity index (χ0v) is 14.1. The van der Waals surface area contributed by atoms with Gasteiger partial charge < -0.3 is 10.4 Å². The van der Waals surface area contributed by atoms with Crippen LogP contribution in [-0.4, -0.2) is 27.4 Å². The summed E-state index contributed by atoms with van der Waals surface area (Å²) in [5, 5.41) is 19.1. The second-order valence-electron chi connectivity index (χ2n) is 6.68. The first-order valence-corrected chi connectivity index (χ1v) is 8.55. The van der Waals surface area contributed by atoms with Gasteiger partial charge in [-0.1, -0.05) is 42.5 Å². The van der Waals surface area contributed by atoms with Crippen LogP contribution in [0, 0.1) is 5.92 Å². The summed E-state index contributed by atoms with van der Waals surface area (Å²) in [6, 6.07) is 16.1. The van der Waals surface area contributed by atoms with E-state index < -0.39 is 6.04 Å². The van der Waals surface area contributed by atoms with E-state index in [-0.39, 0.29) is 24.3 Å². The molecule has 1 fully saturated rings. The van der Waals surface area contributed by atoms with Crippen LogP contribution in [0.1, 0.15) is 29.6 Å². The van der Waals surface area contributed by atoms with Crippen molar-refractivity contribution in [3.8, 4) is 0 Å². The third-order valence-electron chi connectivity index (χ3n) is 5.04. The third kappa shape index (κ3) is 3.03. The number of benzene rings is 2. The van der Waals surface area contributed by atoms with Crippen molar-refractivity contribution in [2.24, 2.45) is 13.0 Å². The number of aliphatic hydroxyl groups excluding tert-OH is 1. The molecule has 25 heavy (non-hydrogen) atoms. The lowest BCUT2D eigenvalue weighted by atomic mass is 10.0. The van der Waals surface area contributed by atoms with Crippen molar-refractivity contribution < 1.29 is 9.90 Å². The number of nitrogens with one attached hydrogen (secondary N) is 1. The molecule has 2 aromatic carbocycles. The first kappa shape index (κ1) is 15.8. The lowest BCUT2D eigenvalue weighted by Crippen LogP contribution is -2.33. The normalized spacial score (nSPS) is 20.4. The Hall–Kier alpha value is -2.66. The summed E-state index contributed by atoms with van der Waals surface area (Å²) in [5.74, 6) is 0.234. The molecular formula is C20H21N3O2. The molecule has 1 amide bonds. The Morgan fingerprint density at radius 2 is 2.08 bits per heavy atom. The average molecular weight is 335 g/mol. The maximum atomic E-state index is 12.6. The molecule has 5 nitrogen and oxygen atoms in total. The summed E-state index contributed by atoms with van der Waals surface area (Å²) in [4.78, 5) is 12.6. The Morgan fingerprint density at radius 3 is 2.80 bits per heavy atom. The standard InChI is InChI=1S/C20H21N3O2/c1-23-19(8-9-21-23)18(12-24)22-20(25)17-11-16(17)15-7-6-13-4-2-3-5-14(13)10-15/h2-10,16-18,24H,11-12H2,1H3,(H,22,25)/t16-,17+,18?/m0/s1. The van der Waals surface area contributed by atoms with Crippen LogP contribution in [0.15, 0.2) is 54.7 Å². The van der Waals surface area contributed by atoms with Crippen molar-refractivity contribution in [1.82, 2.24) is 15.1 Å². The quantitative estimate of drug-likeness (QED) is 0.753. The summed E-state index contributed by atoms with van der Waals surface area (Å²) in [6.45, 7) is -0.140. The predicted octanol–water partition coefficient (Wildman–Crippen LogP) is 2.53. The van der Waals surface area contributed by atoms with Crippen LogP contribution in [0.3, 0.4) is 0 Å². The highest BCUT2D eigenvalue weighted by Crippen LogP contribution is 2.48. The number of carbonyl (C=O) groups is 1. The van der Waals surface area contributed by atoms with E-state index in [1.54, 1.807) is 17.9 Å². The van der Waals surface area contributed by atoms with Gasteiger partial charge in [-0.15, -0.1) is 0 Å². The second kappa shape index (κ2) is 6.33. The van der Waals surface area contributed by atoms with Crippen LogP contribution in [0.25, 0.3) is 10.8 Å². The van der Waals surface area contributed by atoms with E-state index in [2.05, 4.69) is 40.7 Å². The van der Waals surface area contributed by atoms with Crippen molar-refractivity contribution >= 4 is 16.7 Å². The van der Waals surface area contributed by atoms with Gasteiger partial charge in [-0.25, -0.2) is 0 Å². The summed E-state index contributed by atoms with van der Waals surface area (Å²) >= 11 is 0. The lowest BCUT2D eigenvalue weighted by molar-refractivity contribution is -0.123. The van der Waals surface area contributed by atoms with E-state index in [0.717, 1.165) is 12.1 Å². The molecule has 2 N–H and O–H groups in total. The minimum Gasteiger partial charge on any atom is -0.394 e. The van der Waals surface area contributed by atoms with Crippen molar-refractivity contribution in [1.29, 1.82) is 0 Å². The van der Waals surface area contributed by atoms with Gasteiger partial charge in [-0.2, -0.15) is 5.10 Å². The number of amides is 1. The van der Waals surface area contributed by atoms with Crippen molar-refractivity contribution in [3.05, 3.63) is 66.0 Å². The molecule has 5 heteroatoms. The first-order chi connectivity index (χ1) is 12.2. The predicted molar refractivity (Wildman–Crippen MR) is 96.0 cm³/mol. The highest BCUT2D eigenvalue weighted by atomic mass is 16.3. The van der Waals surface area contributed by atoms with E-state index in [4.69, 9.17) is 0 Å². The van der Waals surface area contributed by atoms with Gasteiger partial charge >= 0.3 is 0 Å². The minimum atomic E-state index is -0.419. The highest BCUT2D eigenvalue weighted by molar-refractivity contribution is 5.86. The van der Waals surface area contributed by atoms with Gasteiger partial charge in [-0.3, -0.25) is 9.48 Å². The molecule has 0 spiro atoms. The molecule has 1 heterocycles. The van der Waals surface area contributed by atoms with Gasteiger partial charge in [0.05, 0.1) is 18.3 Å². The molecule has 128 valence electrons. The SMILES string of the molecule is Cn1nccc1C(CO)NC(=O)[C@@H]1C[C@H]1c1ccc2ccccc2c1. The van der Waals surface area contributed by atoms with Crippen LogP contribution in [-0.2, 0) is 11.8 Å². The number of rotatable bonds is 5. The van der Waals surface area contributed by atoms with E-state index in [1.807, 2.05) is 18.2 Å². The summed E-state index contributed by atoms with van der Waals surface area (Å²) < 4.78 is 1.68. The number of aryl methyl sites for hydroxylation is 1. The van der Waals surface area contributed by atoms with Crippen molar-refractivity contribution in [3.63, 3.8) is 0 Å². The molecule has 0 saturated heterocycles. The van der Waals surface area contributed by atoms with E-state index in [0.29, 0.717) is 0 Å².